The molecule has 1 aliphatic heterocycles. The highest BCUT2D eigenvalue weighted by Crippen LogP contribution is 2.13. The van der Waals surface area contributed by atoms with E-state index in [-0.39, 0.29) is 29.5 Å². The minimum absolute atomic E-state index is 0.150. The number of nitrogens with two attached hydrogens (primary N) is 1. The molecule has 1 saturated heterocycles. The first-order valence-corrected chi connectivity index (χ1v) is 7.96. The standard InChI is InChI=1S/C17H20N4O3/c18-15(22)11-20-6-3-7-21(9-8-20)17(24)13-10-12-4-1-2-5-14(12)19-16(13)23/h1-2,4-5,10H,3,6-9,11H2,(H2,18,22)(H,19,23). The van der Waals surface area contributed by atoms with Crippen molar-refractivity contribution in [1.82, 2.24) is 14.8 Å². The van der Waals surface area contributed by atoms with Crippen molar-refractivity contribution in [2.45, 2.75) is 6.42 Å². The van der Waals surface area contributed by atoms with Crippen molar-refractivity contribution in [3.63, 3.8) is 0 Å². The molecule has 0 radical (unpaired) electrons. The highest BCUT2D eigenvalue weighted by molar-refractivity contribution is 5.97. The molecule has 1 fully saturated rings. The summed E-state index contributed by atoms with van der Waals surface area (Å²) in [6, 6.07) is 9.00. The predicted molar refractivity (Wildman–Crippen MR) is 90.7 cm³/mol. The van der Waals surface area contributed by atoms with E-state index in [0.717, 1.165) is 11.8 Å². The minimum atomic E-state index is -0.378. The third kappa shape index (κ3) is 3.46. The number of rotatable bonds is 3. The number of primary amides is 1. The first kappa shape index (κ1) is 16.2. The average Bonchev–Trinajstić information content (AvgIpc) is 2.78. The second kappa shape index (κ2) is 6.84. The number of benzene rings is 1. The Bertz CT molecular complexity index is 830. The second-order valence-electron chi connectivity index (χ2n) is 5.99. The maximum absolute atomic E-state index is 12.7. The first-order chi connectivity index (χ1) is 11.5. The molecule has 2 amide bonds. The Kier molecular flexibility index (Phi) is 4.61. The lowest BCUT2D eigenvalue weighted by Crippen LogP contribution is -2.39. The molecule has 24 heavy (non-hydrogen) atoms. The Labute approximate surface area is 139 Å². The van der Waals surface area contributed by atoms with Crippen LogP contribution in [0.1, 0.15) is 16.8 Å². The largest absolute Gasteiger partial charge is 0.369 e. The van der Waals surface area contributed by atoms with Crippen LogP contribution in [0, 0.1) is 0 Å². The van der Waals surface area contributed by atoms with Crippen LogP contribution in [0.15, 0.2) is 35.1 Å². The Hall–Kier alpha value is -2.67. The number of amides is 2. The van der Waals surface area contributed by atoms with Gasteiger partial charge in [-0.3, -0.25) is 19.3 Å². The van der Waals surface area contributed by atoms with E-state index in [1.54, 1.807) is 17.0 Å². The molecule has 0 bridgehead atoms. The van der Waals surface area contributed by atoms with Gasteiger partial charge in [0.2, 0.25) is 5.91 Å². The van der Waals surface area contributed by atoms with E-state index in [1.165, 1.54) is 0 Å². The number of nitrogens with one attached hydrogen (secondary N) is 1. The Morgan fingerprint density at radius 3 is 2.71 bits per heavy atom. The van der Waals surface area contributed by atoms with Gasteiger partial charge in [0.05, 0.1) is 6.54 Å². The van der Waals surface area contributed by atoms with Crippen molar-refractivity contribution >= 4 is 22.7 Å². The van der Waals surface area contributed by atoms with Gasteiger partial charge >= 0.3 is 0 Å². The van der Waals surface area contributed by atoms with Crippen molar-refractivity contribution in [2.75, 3.05) is 32.7 Å². The van der Waals surface area contributed by atoms with Gasteiger partial charge in [-0.05, 0) is 23.9 Å². The van der Waals surface area contributed by atoms with E-state index >= 15 is 0 Å². The van der Waals surface area contributed by atoms with Crippen LogP contribution in [0.3, 0.4) is 0 Å². The zero-order valence-corrected chi connectivity index (χ0v) is 13.3. The molecule has 2 heterocycles. The number of H-pyrrole nitrogens is 1. The van der Waals surface area contributed by atoms with Gasteiger partial charge in [-0.2, -0.15) is 0 Å². The molecule has 7 nitrogen and oxygen atoms in total. The molecular weight excluding hydrogens is 308 g/mol. The monoisotopic (exact) mass is 328 g/mol. The van der Waals surface area contributed by atoms with Crippen molar-refractivity contribution in [3.05, 3.63) is 46.2 Å². The van der Waals surface area contributed by atoms with Crippen molar-refractivity contribution < 1.29 is 9.59 Å². The lowest BCUT2D eigenvalue weighted by molar-refractivity contribution is -0.119. The fourth-order valence-electron chi connectivity index (χ4n) is 3.03. The van der Waals surface area contributed by atoms with Gasteiger partial charge in [0.1, 0.15) is 5.56 Å². The van der Waals surface area contributed by atoms with Crippen LogP contribution >= 0.6 is 0 Å². The molecule has 0 aliphatic carbocycles. The van der Waals surface area contributed by atoms with Crippen molar-refractivity contribution in [3.8, 4) is 0 Å². The number of aromatic amines is 1. The molecule has 7 heteroatoms. The Balaban J connectivity index is 1.80. The van der Waals surface area contributed by atoms with E-state index in [2.05, 4.69) is 4.98 Å². The summed E-state index contributed by atoms with van der Waals surface area (Å²) in [7, 11) is 0. The minimum Gasteiger partial charge on any atom is -0.369 e. The number of hydrogen-bond donors (Lipinski definition) is 2. The van der Waals surface area contributed by atoms with Crippen LogP contribution in [0.5, 0.6) is 0 Å². The number of pyridine rings is 1. The predicted octanol–water partition coefficient (Wildman–Crippen LogP) is 0.161. The molecule has 0 saturated carbocycles. The number of para-hydroxylation sites is 1. The zero-order chi connectivity index (χ0) is 17.1. The van der Waals surface area contributed by atoms with Crippen LogP contribution in [0.2, 0.25) is 0 Å². The summed E-state index contributed by atoms with van der Waals surface area (Å²) in [5.74, 6) is -0.649. The van der Waals surface area contributed by atoms with E-state index in [4.69, 9.17) is 5.73 Å². The molecule has 0 atom stereocenters. The Morgan fingerprint density at radius 1 is 1.12 bits per heavy atom. The number of aromatic nitrogens is 1. The molecular formula is C17H20N4O3. The molecule has 1 aliphatic rings. The molecule has 3 N–H and O–H groups in total. The molecule has 1 aromatic carbocycles. The summed E-state index contributed by atoms with van der Waals surface area (Å²) in [5, 5.41) is 0.825. The van der Waals surface area contributed by atoms with Crippen molar-refractivity contribution in [2.24, 2.45) is 5.73 Å². The van der Waals surface area contributed by atoms with Crippen molar-refractivity contribution in [1.29, 1.82) is 0 Å². The number of fused-ring (bicyclic) bond motifs is 1. The third-order valence-corrected chi connectivity index (χ3v) is 4.24. The van der Waals surface area contributed by atoms with E-state index in [1.807, 2.05) is 23.1 Å². The number of nitrogens with zero attached hydrogens (tertiary/aromatic N) is 2. The highest BCUT2D eigenvalue weighted by Gasteiger charge is 2.23. The molecule has 2 aromatic rings. The molecule has 0 unspecified atom stereocenters. The van der Waals surface area contributed by atoms with Crippen LogP contribution in [0.25, 0.3) is 10.9 Å². The van der Waals surface area contributed by atoms with Gasteiger partial charge in [-0.1, -0.05) is 18.2 Å². The summed E-state index contributed by atoms with van der Waals surface area (Å²) in [5.41, 5.74) is 5.71. The maximum atomic E-state index is 12.7. The SMILES string of the molecule is NC(=O)CN1CCCN(C(=O)c2cc3ccccc3[nH]c2=O)CC1. The van der Waals surface area contributed by atoms with Crippen LogP contribution < -0.4 is 11.3 Å². The smallest absolute Gasteiger partial charge is 0.261 e. The number of carbonyl (C=O) groups is 2. The lowest BCUT2D eigenvalue weighted by atomic mass is 10.1. The van der Waals surface area contributed by atoms with Gasteiger partial charge in [0.25, 0.3) is 11.5 Å². The van der Waals surface area contributed by atoms with Crippen LogP contribution in [-0.2, 0) is 4.79 Å². The molecule has 0 spiro atoms. The van der Waals surface area contributed by atoms with Gasteiger partial charge in [0.15, 0.2) is 0 Å². The molecule has 126 valence electrons. The molecule has 1 aromatic heterocycles. The van der Waals surface area contributed by atoms with Gasteiger partial charge in [-0.15, -0.1) is 0 Å². The molecule has 3 rings (SSSR count). The van der Waals surface area contributed by atoms with E-state index in [9.17, 15) is 14.4 Å². The highest BCUT2D eigenvalue weighted by atomic mass is 16.2. The van der Waals surface area contributed by atoms with Gasteiger partial charge in [0, 0.05) is 31.7 Å². The fraction of sp³-hybridized carbons (Fsp3) is 0.353. The van der Waals surface area contributed by atoms with E-state index < -0.39 is 0 Å². The number of hydrogen-bond acceptors (Lipinski definition) is 4. The van der Waals surface area contributed by atoms with Crippen LogP contribution in [-0.4, -0.2) is 59.3 Å². The average molecular weight is 328 g/mol. The summed E-state index contributed by atoms with van der Waals surface area (Å²) >= 11 is 0. The van der Waals surface area contributed by atoms with Crippen LogP contribution in [0.4, 0.5) is 0 Å². The van der Waals surface area contributed by atoms with Gasteiger partial charge in [-0.25, -0.2) is 0 Å². The lowest BCUT2D eigenvalue weighted by Gasteiger charge is -2.21. The zero-order valence-electron chi connectivity index (χ0n) is 13.3. The number of carbonyl (C=O) groups excluding carboxylic acids is 2. The Morgan fingerprint density at radius 2 is 1.92 bits per heavy atom. The summed E-state index contributed by atoms with van der Waals surface area (Å²) in [4.78, 5) is 42.4. The first-order valence-electron chi connectivity index (χ1n) is 7.96. The summed E-state index contributed by atoms with van der Waals surface area (Å²) in [6.07, 6.45) is 0.741. The van der Waals surface area contributed by atoms with Gasteiger partial charge < -0.3 is 15.6 Å². The quantitative estimate of drug-likeness (QED) is 0.838. The topological polar surface area (TPSA) is 99.5 Å². The second-order valence-corrected chi connectivity index (χ2v) is 5.99. The normalized spacial score (nSPS) is 16.1. The maximum Gasteiger partial charge on any atom is 0.261 e. The third-order valence-electron chi connectivity index (χ3n) is 4.24. The van der Waals surface area contributed by atoms with E-state index in [0.29, 0.717) is 31.7 Å². The summed E-state index contributed by atoms with van der Waals surface area (Å²) in [6.45, 7) is 2.50. The fourth-order valence-corrected chi connectivity index (χ4v) is 3.03. The summed E-state index contributed by atoms with van der Waals surface area (Å²) < 4.78 is 0.